The number of halogens is 2. The van der Waals surface area contributed by atoms with Crippen LogP contribution < -0.4 is 15.8 Å². The zero-order chi connectivity index (χ0) is 13.5. The van der Waals surface area contributed by atoms with E-state index < -0.39 is 6.61 Å². The standard InChI is InChI=1S/C13H20F2N2O/c1-9(2)8-17-12(7-16)10-3-5-11(6-4-10)18-13(14)15/h3-6,9,12-13,17H,7-8,16H2,1-2H3. The Morgan fingerprint density at radius 3 is 2.28 bits per heavy atom. The first kappa shape index (κ1) is 14.9. The summed E-state index contributed by atoms with van der Waals surface area (Å²) in [6.45, 7) is 2.75. The summed E-state index contributed by atoms with van der Waals surface area (Å²) < 4.78 is 28.3. The predicted molar refractivity (Wildman–Crippen MR) is 67.7 cm³/mol. The number of ether oxygens (including phenoxy) is 1. The molecule has 0 aliphatic rings. The van der Waals surface area contributed by atoms with E-state index in [4.69, 9.17) is 5.73 Å². The first-order valence-electron chi connectivity index (χ1n) is 6.01. The number of benzene rings is 1. The topological polar surface area (TPSA) is 47.3 Å². The summed E-state index contributed by atoms with van der Waals surface area (Å²) in [7, 11) is 0. The van der Waals surface area contributed by atoms with Crippen molar-refractivity contribution in [3.63, 3.8) is 0 Å². The van der Waals surface area contributed by atoms with E-state index in [0.717, 1.165) is 12.1 Å². The van der Waals surface area contributed by atoms with Crippen LogP contribution in [0.25, 0.3) is 0 Å². The lowest BCUT2D eigenvalue weighted by atomic mass is 10.1. The fourth-order valence-electron chi connectivity index (χ4n) is 1.60. The van der Waals surface area contributed by atoms with Crippen LogP contribution in [0.15, 0.2) is 24.3 Å². The second-order valence-electron chi connectivity index (χ2n) is 4.54. The van der Waals surface area contributed by atoms with Crippen molar-refractivity contribution in [1.29, 1.82) is 0 Å². The van der Waals surface area contributed by atoms with E-state index in [2.05, 4.69) is 23.9 Å². The van der Waals surface area contributed by atoms with Gasteiger partial charge in [0.05, 0.1) is 0 Å². The van der Waals surface area contributed by atoms with Gasteiger partial charge < -0.3 is 15.8 Å². The van der Waals surface area contributed by atoms with Gasteiger partial charge in [0.25, 0.3) is 0 Å². The summed E-state index contributed by atoms with van der Waals surface area (Å²) in [6, 6.07) is 6.60. The number of nitrogens with two attached hydrogens (primary N) is 1. The zero-order valence-electron chi connectivity index (χ0n) is 10.7. The molecule has 1 rings (SSSR count). The fourth-order valence-corrected chi connectivity index (χ4v) is 1.60. The van der Waals surface area contributed by atoms with E-state index >= 15 is 0 Å². The molecule has 0 amide bonds. The Morgan fingerprint density at radius 1 is 1.22 bits per heavy atom. The van der Waals surface area contributed by atoms with Gasteiger partial charge in [-0.3, -0.25) is 0 Å². The molecule has 0 aliphatic carbocycles. The molecule has 1 aromatic carbocycles. The smallest absolute Gasteiger partial charge is 0.387 e. The van der Waals surface area contributed by atoms with Crippen molar-refractivity contribution in [1.82, 2.24) is 5.32 Å². The van der Waals surface area contributed by atoms with Gasteiger partial charge in [0.15, 0.2) is 0 Å². The molecule has 3 nitrogen and oxygen atoms in total. The lowest BCUT2D eigenvalue weighted by molar-refractivity contribution is -0.0498. The summed E-state index contributed by atoms with van der Waals surface area (Å²) in [5.74, 6) is 0.689. The van der Waals surface area contributed by atoms with Gasteiger partial charge in [-0.25, -0.2) is 0 Å². The van der Waals surface area contributed by atoms with Gasteiger partial charge in [0.1, 0.15) is 5.75 Å². The Balaban J connectivity index is 2.63. The van der Waals surface area contributed by atoms with E-state index in [1.807, 2.05) is 0 Å². The highest BCUT2D eigenvalue weighted by Crippen LogP contribution is 2.19. The number of hydrogen-bond donors (Lipinski definition) is 2. The first-order chi connectivity index (χ1) is 8.52. The first-order valence-corrected chi connectivity index (χ1v) is 6.01. The molecule has 0 saturated heterocycles. The molecule has 5 heteroatoms. The van der Waals surface area contributed by atoms with Crippen LogP contribution in [0.5, 0.6) is 5.75 Å². The highest BCUT2D eigenvalue weighted by Gasteiger charge is 2.10. The quantitative estimate of drug-likeness (QED) is 0.790. The molecule has 0 fully saturated rings. The average Bonchev–Trinajstić information content (AvgIpc) is 2.31. The van der Waals surface area contributed by atoms with Crippen LogP contribution in [0.3, 0.4) is 0 Å². The summed E-state index contributed by atoms with van der Waals surface area (Å²) in [5, 5.41) is 3.33. The third kappa shape index (κ3) is 4.98. The molecule has 0 aliphatic heterocycles. The Bertz CT molecular complexity index is 341. The second-order valence-corrected chi connectivity index (χ2v) is 4.54. The molecule has 102 valence electrons. The third-order valence-corrected chi connectivity index (χ3v) is 2.52. The Kier molecular flexibility index (Phi) is 6.01. The second kappa shape index (κ2) is 7.28. The van der Waals surface area contributed by atoms with Gasteiger partial charge in [-0.05, 0) is 30.2 Å². The minimum absolute atomic E-state index is 0.0352. The Hall–Kier alpha value is -1.20. The van der Waals surface area contributed by atoms with Crippen LogP contribution >= 0.6 is 0 Å². The molecule has 0 bridgehead atoms. The number of nitrogens with one attached hydrogen (secondary N) is 1. The molecule has 0 heterocycles. The normalized spacial score (nSPS) is 13.1. The lowest BCUT2D eigenvalue weighted by Gasteiger charge is -2.19. The summed E-state index contributed by atoms with van der Waals surface area (Å²) >= 11 is 0. The molecule has 0 saturated carbocycles. The minimum Gasteiger partial charge on any atom is -0.435 e. The van der Waals surface area contributed by atoms with Gasteiger partial charge in [0, 0.05) is 12.6 Å². The maximum absolute atomic E-state index is 12.0. The van der Waals surface area contributed by atoms with E-state index in [-0.39, 0.29) is 11.8 Å². The SMILES string of the molecule is CC(C)CNC(CN)c1ccc(OC(F)F)cc1. The lowest BCUT2D eigenvalue weighted by Crippen LogP contribution is -2.30. The maximum Gasteiger partial charge on any atom is 0.387 e. The van der Waals surface area contributed by atoms with Crippen molar-refractivity contribution >= 4 is 0 Å². The molecular weight excluding hydrogens is 238 g/mol. The molecular formula is C13H20F2N2O. The van der Waals surface area contributed by atoms with Crippen molar-refractivity contribution in [3.05, 3.63) is 29.8 Å². The van der Waals surface area contributed by atoms with Crippen LogP contribution in [-0.4, -0.2) is 19.7 Å². The average molecular weight is 258 g/mol. The zero-order valence-corrected chi connectivity index (χ0v) is 10.7. The highest BCUT2D eigenvalue weighted by atomic mass is 19.3. The van der Waals surface area contributed by atoms with Crippen LogP contribution in [-0.2, 0) is 0 Å². The van der Waals surface area contributed by atoms with Crippen molar-refractivity contribution in [2.75, 3.05) is 13.1 Å². The largest absolute Gasteiger partial charge is 0.435 e. The monoisotopic (exact) mass is 258 g/mol. The molecule has 1 aromatic rings. The molecule has 18 heavy (non-hydrogen) atoms. The van der Waals surface area contributed by atoms with E-state index in [0.29, 0.717) is 12.5 Å². The van der Waals surface area contributed by atoms with Gasteiger partial charge in [0.2, 0.25) is 0 Å². The van der Waals surface area contributed by atoms with Gasteiger partial charge in [-0.2, -0.15) is 8.78 Å². The number of hydrogen-bond acceptors (Lipinski definition) is 3. The fraction of sp³-hybridized carbons (Fsp3) is 0.538. The Morgan fingerprint density at radius 2 is 1.83 bits per heavy atom. The van der Waals surface area contributed by atoms with Crippen molar-refractivity contribution in [2.24, 2.45) is 11.7 Å². The highest BCUT2D eigenvalue weighted by molar-refractivity contribution is 5.29. The van der Waals surface area contributed by atoms with Crippen LogP contribution in [0.4, 0.5) is 8.78 Å². The van der Waals surface area contributed by atoms with Gasteiger partial charge >= 0.3 is 6.61 Å². The Labute approximate surface area is 106 Å². The molecule has 0 radical (unpaired) electrons. The van der Waals surface area contributed by atoms with Crippen molar-refractivity contribution in [3.8, 4) is 5.75 Å². The summed E-state index contributed by atoms with van der Waals surface area (Å²) in [4.78, 5) is 0. The van der Waals surface area contributed by atoms with Gasteiger partial charge in [-0.15, -0.1) is 0 Å². The van der Waals surface area contributed by atoms with Crippen molar-refractivity contribution in [2.45, 2.75) is 26.5 Å². The predicted octanol–water partition coefficient (Wildman–Crippen LogP) is 2.53. The molecule has 0 spiro atoms. The maximum atomic E-state index is 12.0. The molecule has 0 aromatic heterocycles. The molecule has 1 atom stereocenters. The molecule has 3 N–H and O–H groups in total. The minimum atomic E-state index is -2.79. The van der Waals surface area contributed by atoms with Crippen LogP contribution in [0, 0.1) is 5.92 Å². The summed E-state index contributed by atoms with van der Waals surface area (Å²) in [6.07, 6.45) is 0. The number of rotatable bonds is 7. The van der Waals surface area contributed by atoms with E-state index in [9.17, 15) is 8.78 Å². The van der Waals surface area contributed by atoms with E-state index in [1.165, 1.54) is 12.1 Å². The van der Waals surface area contributed by atoms with Gasteiger partial charge in [-0.1, -0.05) is 26.0 Å². The summed E-state index contributed by atoms with van der Waals surface area (Å²) in [5.41, 5.74) is 6.67. The van der Waals surface area contributed by atoms with E-state index in [1.54, 1.807) is 12.1 Å². The third-order valence-electron chi connectivity index (χ3n) is 2.52. The van der Waals surface area contributed by atoms with Crippen LogP contribution in [0.2, 0.25) is 0 Å². The van der Waals surface area contributed by atoms with Crippen LogP contribution in [0.1, 0.15) is 25.5 Å². The number of alkyl halides is 2. The van der Waals surface area contributed by atoms with Crippen molar-refractivity contribution < 1.29 is 13.5 Å². The molecule has 1 unspecified atom stereocenters.